The molecule has 118 valence electrons. The molecule has 1 heterocycles. The number of rotatable bonds is 5. The van der Waals surface area contributed by atoms with Gasteiger partial charge in [0.15, 0.2) is 0 Å². The number of benzene rings is 1. The summed E-state index contributed by atoms with van der Waals surface area (Å²) in [7, 11) is -4.43. The van der Waals surface area contributed by atoms with E-state index < -0.39 is 20.8 Å². The second-order valence-corrected chi connectivity index (χ2v) is 9.25. The van der Waals surface area contributed by atoms with Gasteiger partial charge in [0.1, 0.15) is 0 Å². The lowest BCUT2D eigenvalue weighted by Gasteiger charge is -2.26. The molecule has 5 nitrogen and oxygen atoms in total. The summed E-state index contributed by atoms with van der Waals surface area (Å²) in [5.41, 5.74) is 0.930. The van der Waals surface area contributed by atoms with Crippen molar-refractivity contribution in [2.75, 3.05) is 31.1 Å². The average Bonchev–Trinajstić information content (AvgIpc) is 2.46. The number of halogens is 1. The predicted octanol–water partition coefficient (Wildman–Crippen LogP) is 1.31. The molecule has 1 saturated heterocycles. The van der Waals surface area contributed by atoms with Gasteiger partial charge < -0.3 is 5.32 Å². The molecule has 0 radical (unpaired) electrons. The minimum Gasteiger partial charge on any atom is -0.313 e. The van der Waals surface area contributed by atoms with Gasteiger partial charge in [0.05, 0.1) is 4.90 Å². The first-order valence-corrected chi connectivity index (χ1v) is 10.5. The Hall–Kier alpha value is -0.280. The van der Waals surface area contributed by atoms with E-state index >= 15 is 0 Å². The van der Waals surface area contributed by atoms with Crippen LogP contribution < -0.4 is 5.32 Å². The monoisotopic (exact) mass is 394 g/mol. The zero-order chi connectivity index (χ0) is 15.5. The molecule has 0 amide bonds. The van der Waals surface area contributed by atoms with E-state index in [1.54, 1.807) is 12.1 Å². The minimum atomic E-state index is -3.54. The second kappa shape index (κ2) is 7.32. The molecule has 1 aliphatic rings. The van der Waals surface area contributed by atoms with Crippen LogP contribution in [0.25, 0.3) is 0 Å². The Kier molecular flexibility index (Phi) is 5.96. The van der Waals surface area contributed by atoms with Crippen LogP contribution in [-0.4, -0.2) is 48.1 Å². The van der Waals surface area contributed by atoms with Gasteiger partial charge in [0, 0.05) is 46.4 Å². The van der Waals surface area contributed by atoms with E-state index in [-0.39, 0.29) is 4.90 Å². The van der Waals surface area contributed by atoms with Gasteiger partial charge in [-0.1, -0.05) is 13.0 Å². The van der Waals surface area contributed by atoms with E-state index in [9.17, 15) is 12.6 Å². The normalized spacial score (nSPS) is 18.0. The Morgan fingerprint density at radius 2 is 2.00 bits per heavy atom. The van der Waals surface area contributed by atoms with E-state index in [0.29, 0.717) is 35.6 Å². The Bertz CT molecular complexity index is 624. The van der Waals surface area contributed by atoms with Gasteiger partial charge in [0.2, 0.25) is 10.0 Å². The summed E-state index contributed by atoms with van der Waals surface area (Å²) in [4.78, 5) is 0.283. The summed E-state index contributed by atoms with van der Waals surface area (Å²) in [6.45, 7) is 4.11. The molecule has 0 atom stereocenters. The highest BCUT2D eigenvalue weighted by atomic mass is 79.9. The first-order chi connectivity index (χ1) is 9.95. The summed E-state index contributed by atoms with van der Waals surface area (Å²) >= 11 is 3.33. The van der Waals surface area contributed by atoms with Gasteiger partial charge in [-0.2, -0.15) is 4.31 Å². The van der Waals surface area contributed by atoms with Crippen molar-refractivity contribution in [3.63, 3.8) is 0 Å². The number of hydrogen-bond acceptors (Lipinski definition) is 4. The molecule has 8 heteroatoms. The zero-order valence-electron chi connectivity index (χ0n) is 11.8. The summed E-state index contributed by atoms with van der Waals surface area (Å²) in [6.07, 6.45) is 0. The summed E-state index contributed by atoms with van der Waals surface area (Å²) in [5.74, 6) is 0.821. The third-order valence-corrected chi connectivity index (χ3v) is 7.50. The highest BCUT2D eigenvalue weighted by Gasteiger charge is 2.29. The summed E-state index contributed by atoms with van der Waals surface area (Å²) in [5, 5.41) is 3.18. The summed E-state index contributed by atoms with van der Waals surface area (Å²) < 4.78 is 38.8. The largest absolute Gasteiger partial charge is 0.313 e. The first-order valence-electron chi connectivity index (χ1n) is 6.79. The van der Waals surface area contributed by atoms with Crippen molar-refractivity contribution in [1.82, 2.24) is 9.62 Å². The third-order valence-electron chi connectivity index (χ3n) is 3.33. The quantitative estimate of drug-likeness (QED) is 0.817. The molecule has 0 unspecified atom stereocenters. The van der Waals surface area contributed by atoms with Crippen LogP contribution in [-0.2, 0) is 27.4 Å². The molecule has 2 rings (SSSR count). The molecule has 0 aliphatic carbocycles. The topological polar surface area (TPSA) is 66.5 Å². The van der Waals surface area contributed by atoms with Crippen molar-refractivity contribution in [2.45, 2.75) is 18.4 Å². The lowest BCUT2D eigenvalue weighted by Crippen LogP contribution is -2.41. The third kappa shape index (κ3) is 4.13. The van der Waals surface area contributed by atoms with Crippen molar-refractivity contribution in [3.8, 4) is 0 Å². The van der Waals surface area contributed by atoms with Crippen molar-refractivity contribution in [3.05, 3.63) is 28.2 Å². The van der Waals surface area contributed by atoms with E-state index in [2.05, 4.69) is 21.2 Å². The standard InChI is InChI=1S/C13H19BrN2O3S2/c1-2-15-10-11-3-4-12(14)13(9-11)21(18,19)16-5-7-20(17)8-6-16/h3-4,9,15H,2,5-8,10H2,1H3. The number of hydrogen-bond donors (Lipinski definition) is 1. The Morgan fingerprint density at radius 1 is 1.33 bits per heavy atom. The van der Waals surface area contributed by atoms with E-state index in [1.165, 1.54) is 4.31 Å². The SMILES string of the molecule is CCNCc1ccc(Br)c(S(=O)(=O)N2CCS(=O)CC2)c1. The lowest BCUT2D eigenvalue weighted by atomic mass is 10.2. The highest BCUT2D eigenvalue weighted by Crippen LogP contribution is 2.27. The Morgan fingerprint density at radius 3 is 2.62 bits per heavy atom. The smallest absolute Gasteiger partial charge is 0.244 e. The fraction of sp³-hybridized carbons (Fsp3) is 0.538. The van der Waals surface area contributed by atoms with Crippen LogP contribution in [0.15, 0.2) is 27.6 Å². The van der Waals surface area contributed by atoms with Gasteiger partial charge in [-0.05, 0) is 40.2 Å². The van der Waals surface area contributed by atoms with Crippen LogP contribution >= 0.6 is 15.9 Å². The molecule has 1 fully saturated rings. The van der Waals surface area contributed by atoms with E-state index in [4.69, 9.17) is 0 Å². The molecule has 1 N–H and O–H groups in total. The predicted molar refractivity (Wildman–Crippen MR) is 88.2 cm³/mol. The molecule has 0 bridgehead atoms. The fourth-order valence-electron chi connectivity index (χ4n) is 2.13. The van der Waals surface area contributed by atoms with Crippen molar-refractivity contribution in [2.24, 2.45) is 0 Å². The molecule has 0 aromatic heterocycles. The Labute approximate surface area is 136 Å². The summed E-state index contributed by atoms with van der Waals surface area (Å²) in [6, 6.07) is 5.37. The minimum absolute atomic E-state index is 0.283. The van der Waals surface area contributed by atoms with Crippen LogP contribution in [0, 0.1) is 0 Å². The molecule has 0 spiro atoms. The van der Waals surface area contributed by atoms with Crippen LogP contribution in [0.3, 0.4) is 0 Å². The molecule has 1 aliphatic heterocycles. The number of nitrogens with zero attached hydrogens (tertiary/aromatic N) is 1. The van der Waals surface area contributed by atoms with Crippen molar-refractivity contribution in [1.29, 1.82) is 0 Å². The van der Waals surface area contributed by atoms with Crippen LogP contribution in [0.5, 0.6) is 0 Å². The lowest BCUT2D eigenvalue weighted by molar-refractivity contribution is 0.438. The maximum Gasteiger partial charge on any atom is 0.244 e. The molecular weight excluding hydrogens is 376 g/mol. The number of sulfonamides is 1. The highest BCUT2D eigenvalue weighted by molar-refractivity contribution is 9.10. The van der Waals surface area contributed by atoms with Crippen LogP contribution in [0.4, 0.5) is 0 Å². The van der Waals surface area contributed by atoms with E-state index in [1.807, 2.05) is 13.0 Å². The van der Waals surface area contributed by atoms with Gasteiger partial charge in [0.25, 0.3) is 0 Å². The number of nitrogens with one attached hydrogen (secondary N) is 1. The van der Waals surface area contributed by atoms with Crippen molar-refractivity contribution < 1.29 is 12.6 Å². The maximum absolute atomic E-state index is 12.7. The Balaban J connectivity index is 2.28. The molecule has 1 aromatic rings. The van der Waals surface area contributed by atoms with Gasteiger partial charge in [-0.3, -0.25) is 4.21 Å². The van der Waals surface area contributed by atoms with Gasteiger partial charge in [-0.15, -0.1) is 0 Å². The maximum atomic E-state index is 12.7. The van der Waals surface area contributed by atoms with E-state index in [0.717, 1.165) is 12.1 Å². The van der Waals surface area contributed by atoms with Crippen molar-refractivity contribution >= 4 is 36.8 Å². The van der Waals surface area contributed by atoms with Crippen LogP contribution in [0.1, 0.15) is 12.5 Å². The van der Waals surface area contributed by atoms with Crippen LogP contribution in [0.2, 0.25) is 0 Å². The molecular formula is C13H19BrN2O3S2. The van der Waals surface area contributed by atoms with Gasteiger partial charge in [-0.25, -0.2) is 8.42 Å². The molecule has 1 aromatic carbocycles. The molecule has 21 heavy (non-hydrogen) atoms. The second-order valence-electron chi connectivity index (χ2n) is 4.80. The molecule has 0 saturated carbocycles. The first kappa shape index (κ1) is 17.1. The fourth-order valence-corrected chi connectivity index (χ4v) is 5.83. The zero-order valence-corrected chi connectivity index (χ0v) is 15.1. The van der Waals surface area contributed by atoms with Gasteiger partial charge >= 0.3 is 0 Å². The average molecular weight is 395 g/mol.